The van der Waals surface area contributed by atoms with Gasteiger partial charge in [0.05, 0.1) is 29.0 Å². The van der Waals surface area contributed by atoms with Gasteiger partial charge in [-0.3, -0.25) is 10.1 Å². The van der Waals surface area contributed by atoms with Crippen molar-refractivity contribution in [1.82, 2.24) is 25.3 Å². The Balaban J connectivity index is 1.51. The van der Waals surface area contributed by atoms with Crippen LogP contribution in [0.4, 0.5) is 5.69 Å². The molecule has 0 spiro atoms. The van der Waals surface area contributed by atoms with E-state index in [9.17, 15) is 10.1 Å². The first-order valence-electron chi connectivity index (χ1n) is 11.8. The topological polar surface area (TPSA) is 97.5 Å². The second kappa shape index (κ2) is 10.2. The SMILES string of the molecule is Cc1ccccc1N=C(NC#N)N1CCN(C(=O)c2cnnc3ccccc23)C(c2ccccc2)C1. The van der Waals surface area contributed by atoms with Crippen LogP contribution in [-0.4, -0.2) is 51.5 Å². The third-order valence-electron chi connectivity index (χ3n) is 6.41. The number of carbonyl (C=O) groups excluding carboxylic acids is 1. The van der Waals surface area contributed by atoms with E-state index in [0.29, 0.717) is 36.7 Å². The summed E-state index contributed by atoms with van der Waals surface area (Å²) in [5, 5.41) is 21.2. The average molecular weight is 476 g/mol. The molecule has 1 fully saturated rings. The minimum Gasteiger partial charge on any atom is -0.338 e. The number of aliphatic imine (C=N–C) groups is 1. The molecule has 1 aliphatic rings. The molecule has 0 radical (unpaired) electrons. The third kappa shape index (κ3) is 4.59. The van der Waals surface area contributed by atoms with Crippen LogP contribution in [0.2, 0.25) is 0 Å². The predicted molar refractivity (Wildman–Crippen MR) is 138 cm³/mol. The fraction of sp³-hybridized carbons (Fsp3) is 0.179. The number of fused-ring (bicyclic) bond motifs is 1. The molecule has 1 aliphatic heterocycles. The van der Waals surface area contributed by atoms with Crippen molar-refractivity contribution < 1.29 is 4.79 Å². The van der Waals surface area contributed by atoms with E-state index in [1.54, 1.807) is 6.20 Å². The quantitative estimate of drug-likeness (QED) is 0.206. The number of amides is 1. The second-order valence-corrected chi connectivity index (χ2v) is 8.61. The van der Waals surface area contributed by atoms with Gasteiger partial charge in [0.2, 0.25) is 5.96 Å². The minimum absolute atomic E-state index is 0.0970. The number of hydrogen-bond donors (Lipinski definition) is 1. The van der Waals surface area contributed by atoms with Crippen LogP contribution in [0.15, 0.2) is 90.1 Å². The lowest BCUT2D eigenvalue weighted by molar-refractivity contribution is 0.0549. The molecule has 1 unspecified atom stereocenters. The Labute approximate surface area is 209 Å². The van der Waals surface area contributed by atoms with Gasteiger partial charge in [-0.05, 0) is 30.2 Å². The van der Waals surface area contributed by atoms with Crippen LogP contribution in [0.3, 0.4) is 0 Å². The van der Waals surface area contributed by atoms with E-state index in [1.807, 2.05) is 102 Å². The number of nitrogens with zero attached hydrogens (tertiary/aromatic N) is 6. The number of hydrogen-bond acceptors (Lipinski definition) is 5. The van der Waals surface area contributed by atoms with Crippen molar-refractivity contribution in [2.24, 2.45) is 4.99 Å². The molecule has 178 valence electrons. The number of rotatable bonds is 3. The highest BCUT2D eigenvalue weighted by molar-refractivity contribution is 6.05. The van der Waals surface area contributed by atoms with E-state index >= 15 is 0 Å². The summed E-state index contributed by atoms with van der Waals surface area (Å²) >= 11 is 0. The monoisotopic (exact) mass is 475 g/mol. The summed E-state index contributed by atoms with van der Waals surface area (Å²) in [6.45, 7) is 3.44. The maximum Gasteiger partial charge on any atom is 0.256 e. The van der Waals surface area contributed by atoms with Crippen LogP contribution in [0.1, 0.15) is 27.5 Å². The van der Waals surface area contributed by atoms with Gasteiger partial charge in [-0.1, -0.05) is 66.7 Å². The van der Waals surface area contributed by atoms with Crippen molar-refractivity contribution in [2.75, 3.05) is 19.6 Å². The number of benzene rings is 3. The molecule has 2 heterocycles. The van der Waals surface area contributed by atoms with Crippen LogP contribution < -0.4 is 5.32 Å². The van der Waals surface area contributed by atoms with Crippen molar-refractivity contribution in [1.29, 1.82) is 5.26 Å². The minimum atomic E-state index is -0.248. The van der Waals surface area contributed by atoms with Gasteiger partial charge in [-0.25, -0.2) is 4.99 Å². The number of aryl methyl sites for hydroxylation is 1. The molecule has 0 bridgehead atoms. The van der Waals surface area contributed by atoms with Gasteiger partial charge in [0.25, 0.3) is 5.91 Å². The zero-order chi connectivity index (χ0) is 24.9. The molecule has 1 amide bonds. The Morgan fingerprint density at radius 2 is 1.78 bits per heavy atom. The van der Waals surface area contributed by atoms with E-state index in [1.165, 1.54) is 0 Å². The van der Waals surface area contributed by atoms with Gasteiger partial charge in [0, 0.05) is 25.0 Å². The van der Waals surface area contributed by atoms with Gasteiger partial charge in [0.15, 0.2) is 6.19 Å². The summed E-state index contributed by atoms with van der Waals surface area (Å²) in [7, 11) is 0. The number of carbonyl (C=O) groups is 1. The number of guanidine groups is 1. The molecule has 5 rings (SSSR count). The summed E-state index contributed by atoms with van der Waals surface area (Å²) in [4.78, 5) is 22.5. The number of aromatic nitrogens is 2. The lowest BCUT2D eigenvalue weighted by Gasteiger charge is -2.42. The third-order valence-corrected chi connectivity index (χ3v) is 6.41. The molecule has 8 nitrogen and oxygen atoms in total. The van der Waals surface area contributed by atoms with Gasteiger partial charge in [0.1, 0.15) is 0 Å². The summed E-state index contributed by atoms with van der Waals surface area (Å²) in [6.07, 6.45) is 3.56. The summed E-state index contributed by atoms with van der Waals surface area (Å²) in [6, 6.07) is 25.0. The van der Waals surface area contributed by atoms with E-state index < -0.39 is 0 Å². The van der Waals surface area contributed by atoms with Gasteiger partial charge >= 0.3 is 0 Å². The van der Waals surface area contributed by atoms with Crippen LogP contribution >= 0.6 is 0 Å². The molecule has 0 aliphatic carbocycles. The van der Waals surface area contributed by atoms with Crippen LogP contribution in [-0.2, 0) is 0 Å². The Kier molecular flexibility index (Phi) is 6.54. The van der Waals surface area contributed by atoms with Crippen molar-refractivity contribution in [3.8, 4) is 6.19 Å². The molecule has 0 saturated carbocycles. The van der Waals surface area contributed by atoms with E-state index in [0.717, 1.165) is 22.2 Å². The molecule has 1 atom stereocenters. The second-order valence-electron chi connectivity index (χ2n) is 8.61. The largest absolute Gasteiger partial charge is 0.338 e. The number of nitrogens with one attached hydrogen (secondary N) is 1. The fourth-order valence-electron chi connectivity index (χ4n) is 4.54. The lowest BCUT2D eigenvalue weighted by Crippen LogP contribution is -2.54. The molecule has 36 heavy (non-hydrogen) atoms. The molecule has 4 aromatic rings. The number of piperazine rings is 1. The first kappa shape index (κ1) is 23.0. The van der Waals surface area contributed by atoms with Gasteiger partial charge in [-0.2, -0.15) is 15.5 Å². The molecule has 1 N–H and O–H groups in total. The Hall–Kier alpha value is -4.77. The van der Waals surface area contributed by atoms with Gasteiger partial charge < -0.3 is 9.80 Å². The Bertz CT molecular complexity index is 1460. The van der Waals surface area contributed by atoms with Gasteiger partial charge in [-0.15, -0.1) is 0 Å². The predicted octanol–water partition coefficient (Wildman–Crippen LogP) is 4.20. The first-order valence-corrected chi connectivity index (χ1v) is 11.8. The molecular formula is C28H25N7O. The van der Waals surface area contributed by atoms with Crippen molar-refractivity contribution in [2.45, 2.75) is 13.0 Å². The van der Waals surface area contributed by atoms with Crippen molar-refractivity contribution >= 4 is 28.5 Å². The summed E-state index contributed by atoms with van der Waals surface area (Å²) in [5.74, 6) is 0.371. The highest BCUT2D eigenvalue weighted by Crippen LogP contribution is 2.29. The molecule has 1 saturated heterocycles. The van der Waals surface area contributed by atoms with Crippen molar-refractivity contribution in [3.63, 3.8) is 0 Å². The molecule has 1 aromatic heterocycles. The smallest absolute Gasteiger partial charge is 0.256 e. The maximum atomic E-state index is 13.9. The standard InChI is InChI=1S/C28H25N7O/c1-20-9-5-7-13-24(20)32-28(30-19-29)34-15-16-35(26(18-34)21-10-3-2-4-11-21)27(36)23-17-31-33-25-14-8-6-12-22(23)25/h2-14,17,26H,15-16,18H2,1H3,(H,30,32). The van der Waals surface area contributed by atoms with Crippen LogP contribution in [0, 0.1) is 18.4 Å². The Morgan fingerprint density at radius 3 is 2.58 bits per heavy atom. The Morgan fingerprint density at radius 1 is 1.03 bits per heavy atom. The first-order chi connectivity index (χ1) is 17.7. The summed E-state index contributed by atoms with van der Waals surface area (Å²) < 4.78 is 0. The van der Waals surface area contributed by atoms with E-state index in [2.05, 4.69) is 15.5 Å². The zero-order valence-corrected chi connectivity index (χ0v) is 19.9. The highest BCUT2D eigenvalue weighted by atomic mass is 16.2. The van der Waals surface area contributed by atoms with E-state index in [-0.39, 0.29) is 11.9 Å². The van der Waals surface area contributed by atoms with Crippen molar-refractivity contribution in [3.05, 3.63) is 102 Å². The average Bonchev–Trinajstić information content (AvgIpc) is 2.93. The fourth-order valence-corrected chi connectivity index (χ4v) is 4.54. The zero-order valence-electron chi connectivity index (χ0n) is 19.9. The molecule has 3 aromatic carbocycles. The highest BCUT2D eigenvalue weighted by Gasteiger charge is 2.34. The molecule has 8 heteroatoms. The number of para-hydroxylation sites is 1. The van der Waals surface area contributed by atoms with E-state index in [4.69, 9.17) is 4.99 Å². The maximum absolute atomic E-state index is 13.9. The van der Waals surface area contributed by atoms with Crippen LogP contribution in [0.5, 0.6) is 0 Å². The summed E-state index contributed by atoms with van der Waals surface area (Å²) in [5.41, 5.74) is 4.02. The normalized spacial score (nSPS) is 16.0. The van der Waals surface area contributed by atoms with Crippen LogP contribution in [0.25, 0.3) is 10.9 Å². The number of nitriles is 1. The molecular weight excluding hydrogens is 450 g/mol. The lowest BCUT2D eigenvalue weighted by atomic mass is 10.0.